The lowest BCUT2D eigenvalue weighted by Gasteiger charge is -2.23. The van der Waals surface area contributed by atoms with Crippen molar-refractivity contribution in [1.82, 2.24) is 0 Å². The van der Waals surface area contributed by atoms with E-state index in [0.29, 0.717) is 16.1 Å². The molecule has 0 bridgehead atoms. The zero-order valence-corrected chi connectivity index (χ0v) is 9.85. The number of hydrogen-bond acceptors (Lipinski definition) is 1. The van der Waals surface area contributed by atoms with Crippen molar-refractivity contribution in [3.05, 3.63) is 70.7 Å². The monoisotopic (exact) mass is 242 g/mol. The second kappa shape index (κ2) is 4.63. The molecule has 0 amide bonds. The summed E-state index contributed by atoms with van der Waals surface area (Å²) < 4.78 is 0. The molecule has 2 heteroatoms. The van der Waals surface area contributed by atoms with E-state index in [4.69, 9.17) is 18.0 Å². The molecule has 0 saturated heterocycles. The normalized spacial score (nSPS) is 13.7. The first-order chi connectivity index (χ1) is 8.16. The highest BCUT2D eigenvalue weighted by Gasteiger charge is 2.28. The van der Waals surface area contributed by atoms with Gasteiger partial charge in [0.05, 0.1) is 0 Å². The van der Waals surface area contributed by atoms with Gasteiger partial charge >= 0.3 is 0 Å². The summed E-state index contributed by atoms with van der Waals surface area (Å²) in [6, 6.07) is 16.0. The Hall–Kier alpha value is -1.75. The molecule has 0 radical (unpaired) electrons. The highest BCUT2D eigenvalue weighted by molar-refractivity contribution is 6.30. The second-order valence-electron chi connectivity index (χ2n) is 3.73. The summed E-state index contributed by atoms with van der Waals surface area (Å²) in [6.07, 6.45) is 5.48. The van der Waals surface area contributed by atoms with Crippen LogP contribution in [0.25, 0.3) is 0 Å². The number of halogens is 1. The molecule has 0 aliphatic heterocycles. The molecular formula is C15H11ClO. The quantitative estimate of drug-likeness (QED) is 0.802. The molecule has 0 heterocycles. The van der Waals surface area contributed by atoms with E-state index in [-0.39, 0.29) is 0 Å². The van der Waals surface area contributed by atoms with Crippen molar-refractivity contribution in [2.24, 2.45) is 0 Å². The fourth-order valence-electron chi connectivity index (χ4n) is 1.70. The van der Waals surface area contributed by atoms with Crippen LogP contribution in [0.15, 0.2) is 54.6 Å². The maximum absolute atomic E-state index is 10.6. The van der Waals surface area contributed by atoms with Crippen LogP contribution in [-0.2, 0) is 5.60 Å². The molecule has 0 fully saturated rings. The predicted octanol–water partition coefficient (Wildman–Crippen LogP) is 3.21. The lowest BCUT2D eigenvalue weighted by atomic mass is 9.87. The van der Waals surface area contributed by atoms with Crippen molar-refractivity contribution in [2.45, 2.75) is 5.60 Å². The van der Waals surface area contributed by atoms with E-state index in [1.807, 2.05) is 18.2 Å². The van der Waals surface area contributed by atoms with Gasteiger partial charge in [0.1, 0.15) is 0 Å². The molecule has 1 atom stereocenters. The molecule has 2 aromatic rings. The zero-order chi connectivity index (χ0) is 12.3. The van der Waals surface area contributed by atoms with Crippen molar-refractivity contribution < 1.29 is 5.11 Å². The third kappa shape index (κ3) is 2.19. The maximum Gasteiger partial charge on any atom is 0.176 e. The Balaban J connectivity index is 2.53. The highest BCUT2D eigenvalue weighted by atomic mass is 35.5. The molecule has 0 spiro atoms. The van der Waals surface area contributed by atoms with Gasteiger partial charge in [0, 0.05) is 16.1 Å². The van der Waals surface area contributed by atoms with Gasteiger partial charge < -0.3 is 5.11 Å². The molecule has 84 valence electrons. The Kier molecular flexibility index (Phi) is 3.19. The summed E-state index contributed by atoms with van der Waals surface area (Å²) >= 11 is 5.82. The lowest BCUT2D eigenvalue weighted by molar-refractivity contribution is 0.145. The third-order valence-electron chi connectivity index (χ3n) is 2.66. The Morgan fingerprint density at radius 3 is 2.00 bits per heavy atom. The Labute approximate surface area is 106 Å². The largest absolute Gasteiger partial charge is 0.369 e. The first kappa shape index (κ1) is 11.7. The summed E-state index contributed by atoms with van der Waals surface area (Å²) in [5, 5.41) is 11.2. The summed E-state index contributed by atoms with van der Waals surface area (Å²) in [7, 11) is 0. The number of terminal acetylenes is 1. The summed E-state index contributed by atoms with van der Waals surface area (Å²) in [4.78, 5) is 0. The molecule has 1 nitrogen and oxygen atoms in total. The number of aliphatic hydroxyl groups is 1. The molecule has 0 aliphatic rings. The van der Waals surface area contributed by atoms with Gasteiger partial charge in [-0.15, -0.1) is 6.42 Å². The van der Waals surface area contributed by atoms with E-state index in [0.717, 1.165) is 0 Å². The molecule has 0 saturated carbocycles. The van der Waals surface area contributed by atoms with Crippen LogP contribution in [0, 0.1) is 12.3 Å². The molecule has 1 unspecified atom stereocenters. The molecule has 2 aromatic carbocycles. The van der Waals surface area contributed by atoms with Crippen molar-refractivity contribution in [3.63, 3.8) is 0 Å². The minimum Gasteiger partial charge on any atom is -0.369 e. The second-order valence-corrected chi connectivity index (χ2v) is 4.16. The van der Waals surface area contributed by atoms with Gasteiger partial charge in [0.15, 0.2) is 5.60 Å². The van der Waals surface area contributed by atoms with Crippen molar-refractivity contribution in [1.29, 1.82) is 0 Å². The van der Waals surface area contributed by atoms with Crippen LogP contribution < -0.4 is 0 Å². The Morgan fingerprint density at radius 2 is 1.47 bits per heavy atom. The highest BCUT2D eigenvalue weighted by Crippen LogP contribution is 2.29. The number of rotatable bonds is 2. The van der Waals surface area contributed by atoms with Crippen molar-refractivity contribution in [3.8, 4) is 12.3 Å². The summed E-state index contributed by atoms with van der Waals surface area (Å²) in [5.41, 5.74) is -0.105. The molecular weight excluding hydrogens is 232 g/mol. The molecule has 0 aliphatic carbocycles. The van der Waals surface area contributed by atoms with Crippen molar-refractivity contribution >= 4 is 11.6 Å². The topological polar surface area (TPSA) is 20.2 Å². The first-order valence-electron chi connectivity index (χ1n) is 5.18. The SMILES string of the molecule is C#CC(O)(c1ccccc1)c1ccc(Cl)cc1. The molecule has 2 rings (SSSR count). The molecule has 17 heavy (non-hydrogen) atoms. The van der Waals surface area contributed by atoms with Gasteiger partial charge in [0.25, 0.3) is 0 Å². The van der Waals surface area contributed by atoms with Crippen LogP contribution in [0.4, 0.5) is 0 Å². The van der Waals surface area contributed by atoms with Gasteiger partial charge in [-0.25, -0.2) is 0 Å². The van der Waals surface area contributed by atoms with Crippen LogP contribution in [0.3, 0.4) is 0 Å². The Morgan fingerprint density at radius 1 is 0.941 bits per heavy atom. The van der Waals surface area contributed by atoms with E-state index in [9.17, 15) is 5.11 Å². The predicted molar refractivity (Wildman–Crippen MR) is 69.7 cm³/mol. The fraction of sp³-hybridized carbons (Fsp3) is 0.0667. The molecule has 0 aromatic heterocycles. The van der Waals surface area contributed by atoms with Crippen LogP contribution in [0.2, 0.25) is 5.02 Å². The maximum atomic E-state index is 10.6. The average molecular weight is 243 g/mol. The van der Waals surface area contributed by atoms with E-state index in [2.05, 4.69) is 5.92 Å². The minimum atomic E-state index is -1.41. The number of hydrogen-bond donors (Lipinski definition) is 1. The lowest BCUT2D eigenvalue weighted by Crippen LogP contribution is -2.24. The molecule has 1 N–H and O–H groups in total. The summed E-state index contributed by atoms with van der Waals surface area (Å²) in [5.74, 6) is 2.44. The van der Waals surface area contributed by atoms with Crippen LogP contribution in [0.5, 0.6) is 0 Å². The zero-order valence-electron chi connectivity index (χ0n) is 9.10. The van der Waals surface area contributed by atoms with E-state index < -0.39 is 5.60 Å². The smallest absolute Gasteiger partial charge is 0.176 e. The van der Waals surface area contributed by atoms with Gasteiger partial charge in [-0.05, 0) is 12.1 Å². The first-order valence-corrected chi connectivity index (χ1v) is 5.56. The third-order valence-corrected chi connectivity index (χ3v) is 2.91. The van der Waals surface area contributed by atoms with Crippen LogP contribution in [0.1, 0.15) is 11.1 Å². The fourth-order valence-corrected chi connectivity index (χ4v) is 1.83. The van der Waals surface area contributed by atoms with Gasteiger partial charge in [-0.1, -0.05) is 60.0 Å². The van der Waals surface area contributed by atoms with E-state index in [1.165, 1.54) is 0 Å². The van der Waals surface area contributed by atoms with Crippen LogP contribution >= 0.6 is 11.6 Å². The van der Waals surface area contributed by atoms with Gasteiger partial charge in [-0.2, -0.15) is 0 Å². The average Bonchev–Trinajstić information content (AvgIpc) is 2.40. The number of benzene rings is 2. The van der Waals surface area contributed by atoms with Gasteiger partial charge in [-0.3, -0.25) is 0 Å². The van der Waals surface area contributed by atoms with Crippen LogP contribution in [-0.4, -0.2) is 5.11 Å². The van der Waals surface area contributed by atoms with Crippen molar-refractivity contribution in [2.75, 3.05) is 0 Å². The minimum absolute atomic E-state index is 0.612. The standard InChI is InChI=1S/C15H11ClO/c1-2-15(17,12-6-4-3-5-7-12)13-8-10-14(16)11-9-13/h1,3-11,17H. The van der Waals surface area contributed by atoms with E-state index >= 15 is 0 Å². The Bertz CT molecular complexity index is 539. The van der Waals surface area contributed by atoms with E-state index in [1.54, 1.807) is 36.4 Å². The van der Waals surface area contributed by atoms with Gasteiger partial charge in [0.2, 0.25) is 0 Å². The summed E-state index contributed by atoms with van der Waals surface area (Å²) in [6.45, 7) is 0.